The largest absolute Gasteiger partial charge is 0.466 e. The van der Waals surface area contributed by atoms with Gasteiger partial charge in [0.2, 0.25) is 5.72 Å². The van der Waals surface area contributed by atoms with E-state index in [1.807, 2.05) is 0 Å². The summed E-state index contributed by atoms with van der Waals surface area (Å²) in [6.45, 7) is 0.547. The summed E-state index contributed by atoms with van der Waals surface area (Å²) in [5.74, 6) is -0.475. The monoisotopic (exact) mass is 159 g/mol. The van der Waals surface area contributed by atoms with Crippen molar-refractivity contribution < 1.29 is 14.3 Å². The first-order valence-corrected chi connectivity index (χ1v) is 3.70. The molecule has 2 N–H and O–H groups in total. The van der Waals surface area contributed by atoms with Crippen molar-refractivity contribution in [2.45, 2.75) is 25.0 Å². The second-order valence-corrected chi connectivity index (χ2v) is 2.69. The van der Waals surface area contributed by atoms with Gasteiger partial charge in [-0.25, -0.2) is 4.79 Å². The predicted molar refractivity (Wildman–Crippen MR) is 38.7 cm³/mol. The van der Waals surface area contributed by atoms with Crippen LogP contribution in [0.3, 0.4) is 0 Å². The first kappa shape index (κ1) is 8.49. The molecule has 1 heterocycles. The fourth-order valence-corrected chi connectivity index (χ4v) is 1.15. The SMILES string of the molecule is COC(=O)C1(N)CCCCO1. The fourth-order valence-electron chi connectivity index (χ4n) is 1.15. The lowest BCUT2D eigenvalue weighted by Gasteiger charge is -2.30. The third-order valence-electron chi connectivity index (χ3n) is 1.83. The second kappa shape index (κ2) is 3.19. The molecule has 1 fully saturated rings. The Kier molecular flexibility index (Phi) is 2.46. The summed E-state index contributed by atoms with van der Waals surface area (Å²) in [7, 11) is 1.31. The zero-order valence-electron chi connectivity index (χ0n) is 6.63. The van der Waals surface area contributed by atoms with E-state index in [2.05, 4.69) is 4.74 Å². The maximum atomic E-state index is 11.0. The van der Waals surface area contributed by atoms with Crippen LogP contribution in [0.2, 0.25) is 0 Å². The standard InChI is InChI=1S/C7H13NO3/c1-10-6(9)7(8)4-2-3-5-11-7/h2-5,8H2,1H3. The van der Waals surface area contributed by atoms with E-state index in [9.17, 15) is 4.79 Å². The van der Waals surface area contributed by atoms with Crippen LogP contribution >= 0.6 is 0 Å². The summed E-state index contributed by atoms with van der Waals surface area (Å²) in [5.41, 5.74) is 4.44. The van der Waals surface area contributed by atoms with E-state index in [1.54, 1.807) is 0 Å². The highest BCUT2D eigenvalue weighted by Gasteiger charge is 2.37. The summed E-state index contributed by atoms with van der Waals surface area (Å²) >= 11 is 0. The second-order valence-electron chi connectivity index (χ2n) is 2.69. The minimum atomic E-state index is -1.17. The Hall–Kier alpha value is -0.610. The Bertz CT molecular complexity index is 152. The summed E-state index contributed by atoms with van der Waals surface area (Å²) in [4.78, 5) is 11.0. The lowest BCUT2D eigenvalue weighted by atomic mass is 10.0. The van der Waals surface area contributed by atoms with Crippen molar-refractivity contribution in [3.05, 3.63) is 0 Å². The van der Waals surface area contributed by atoms with Gasteiger partial charge in [0.1, 0.15) is 0 Å². The smallest absolute Gasteiger partial charge is 0.353 e. The van der Waals surface area contributed by atoms with Crippen LogP contribution in [0.25, 0.3) is 0 Å². The predicted octanol–water partition coefficient (Wildman–Crippen LogP) is 0.0149. The van der Waals surface area contributed by atoms with E-state index in [0.717, 1.165) is 12.8 Å². The molecular weight excluding hydrogens is 146 g/mol. The van der Waals surface area contributed by atoms with Gasteiger partial charge >= 0.3 is 5.97 Å². The van der Waals surface area contributed by atoms with Crippen molar-refractivity contribution in [1.82, 2.24) is 0 Å². The van der Waals surface area contributed by atoms with Gasteiger partial charge in [0.25, 0.3) is 0 Å². The molecule has 4 heteroatoms. The van der Waals surface area contributed by atoms with Crippen LogP contribution in [0.15, 0.2) is 0 Å². The quantitative estimate of drug-likeness (QED) is 0.548. The van der Waals surface area contributed by atoms with E-state index in [4.69, 9.17) is 10.5 Å². The maximum Gasteiger partial charge on any atom is 0.353 e. The summed E-state index contributed by atoms with van der Waals surface area (Å²) in [6, 6.07) is 0. The maximum absolute atomic E-state index is 11.0. The molecule has 1 unspecified atom stereocenters. The van der Waals surface area contributed by atoms with Crippen LogP contribution in [0.1, 0.15) is 19.3 Å². The molecule has 1 aliphatic rings. The van der Waals surface area contributed by atoms with Gasteiger partial charge in [-0.05, 0) is 12.8 Å². The molecule has 11 heavy (non-hydrogen) atoms. The van der Waals surface area contributed by atoms with Crippen LogP contribution < -0.4 is 5.73 Å². The van der Waals surface area contributed by atoms with E-state index >= 15 is 0 Å². The van der Waals surface area contributed by atoms with Gasteiger partial charge in [0.15, 0.2) is 0 Å². The number of hydrogen-bond acceptors (Lipinski definition) is 4. The molecule has 0 aromatic carbocycles. The Morgan fingerprint density at radius 2 is 2.36 bits per heavy atom. The van der Waals surface area contributed by atoms with Crippen molar-refractivity contribution in [2.24, 2.45) is 5.73 Å². The van der Waals surface area contributed by atoms with E-state index in [1.165, 1.54) is 7.11 Å². The third kappa shape index (κ3) is 1.70. The molecule has 0 aromatic rings. The first-order valence-electron chi connectivity index (χ1n) is 3.70. The minimum Gasteiger partial charge on any atom is -0.466 e. The molecule has 1 atom stereocenters. The summed E-state index contributed by atoms with van der Waals surface area (Å²) in [6.07, 6.45) is 2.45. The van der Waals surface area contributed by atoms with Gasteiger partial charge in [-0.3, -0.25) is 5.73 Å². The van der Waals surface area contributed by atoms with Crippen LogP contribution in [0.4, 0.5) is 0 Å². The number of carbonyl (C=O) groups excluding carboxylic acids is 1. The molecule has 1 rings (SSSR count). The van der Waals surface area contributed by atoms with Gasteiger partial charge in [-0.2, -0.15) is 0 Å². The number of nitrogens with two attached hydrogens (primary N) is 1. The van der Waals surface area contributed by atoms with Crippen LogP contribution in [0, 0.1) is 0 Å². The van der Waals surface area contributed by atoms with Crippen molar-refractivity contribution in [2.75, 3.05) is 13.7 Å². The number of carbonyl (C=O) groups is 1. The molecule has 0 amide bonds. The topological polar surface area (TPSA) is 61.5 Å². The lowest BCUT2D eigenvalue weighted by Crippen LogP contribution is -2.53. The van der Waals surface area contributed by atoms with Crippen molar-refractivity contribution in [3.63, 3.8) is 0 Å². The minimum absolute atomic E-state index is 0.475. The number of hydrogen-bond donors (Lipinski definition) is 1. The van der Waals surface area contributed by atoms with Gasteiger partial charge < -0.3 is 9.47 Å². The molecule has 1 saturated heterocycles. The molecule has 0 spiro atoms. The molecule has 0 radical (unpaired) electrons. The molecule has 4 nitrogen and oxygen atoms in total. The molecule has 0 saturated carbocycles. The number of methoxy groups -OCH3 is 1. The van der Waals surface area contributed by atoms with E-state index in [0.29, 0.717) is 13.0 Å². The number of ether oxygens (including phenoxy) is 2. The van der Waals surface area contributed by atoms with Crippen LogP contribution in [-0.4, -0.2) is 25.4 Å². The highest BCUT2D eigenvalue weighted by atomic mass is 16.6. The summed E-state index contributed by atoms with van der Waals surface area (Å²) < 4.78 is 9.63. The Morgan fingerprint density at radius 1 is 1.64 bits per heavy atom. The molecule has 0 aromatic heterocycles. The van der Waals surface area contributed by atoms with Crippen molar-refractivity contribution >= 4 is 5.97 Å². The number of esters is 1. The normalized spacial score (nSPS) is 31.5. The average molecular weight is 159 g/mol. The van der Waals surface area contributed by atoms with Crippen LogP contribution in [-0.2, 0) is 14.3 Å². The number of rotatable bonds is 1. The van der Waals surface area contributed by atoms with Crippen molar-refractivity contribution in [3.8, 4) is 0 Å². The van der Waals surface area contributed by atoms with Crippen LogP contribution in [0.5, 0.6) is 0 Å². The zero-order chi connectivity index (χ0) is 8.32. The Labute approximate surface area is 65.7 Å². The Morgan fingerprint density at radius 3 is 2.82 bits per heavy atom. The molecular formula is C7H13NO3. The molecule has 64 valence electrons. The van der Waals surface area contributed by atoms with Gasteiger partial charge in [0, 0.05) is 13.0 Å². The average Bonchev–Trinajstić information content (AvgIpc) is 2.04. The van der Waals surface area contributed by atoms with E-state index < -0.39 is 11.7 Å². The van der Waals surface area contributed by atoms with E-state index in [-0.39, 0.29) is 0 Å². The fraction of sp³-hybridized carbons (Fsp3) is 0.857. The molecule has 1 aliphatic heterocycles. The molecule has 0 bridgehead atoms. The first-order chi connectivity index (χ1) is 5.19. The van der Waals surface area contributed by atoms with Gasteiger partial charge in [-0.1, -0.05) is 0 Å². The van der Waals surface area contributed by atoms with Crippen molar-refractivity contribution in [1.29, 1.82) is 0 Å². The summed E-state index contributed by atoms with van der Waals surface area (Å²) in [5, 5.41) is 0. The lowest BCUT2D eigenvalue weighted by molar-refractivity contribution is -0.174. The Balaban J connectivity index is 2.56. The van der Waals surface area contributed by atoms with Gasteiger partial charge in [0.05, 0.1) is 7.11 Å². The molecule has 0 aliphatic carbocycles. The van der Waals surface area contributed by atoms with Gasteiger partial charge in [-0.15, -0.1) is 0 Å². The highest BCUT2D eigenvalue weighted by molar-refractivity contribution is 5.78. The third-order valence-corrected chi connectivity index (χ3v) is 1.83. The highest BCUT2D eigenvalue weighted by Crippen LogP contribution is 2.20. The zero-order valence-corrected chi connectivity index (χ0v) is 6.63.